The summed E-state index contributed by atoms with van der Waals surface area (Å²) in [6.45, 7) is 3.25. The van der Waals surface area contributed by atoms with Crippen LogP contribution in [-0.4, -0.2) is 26.1 Å². The van der Waals surface area contributed by atoms with Crippen LogP contribution in [0.3, 0.4) is 0 Å². The van der Waals surface area contributed by atoms with E-state index in [9.17, 15) is 4.79 Å². The van der Waals surface area contributed by atoms with Crippen LogP contribution < -0.4 is 10.9 Å². The minimum Gasteiger partial charge on any atom is -0.381 e. The van der Waals surface area contributed by atoms with E-state index in [1.807, 2.05) is 36.0 Å². The molecule has 0 fully saturated rings. The minimum atomic E-state index is -0.349. The second-order valence-corrected chi connectivity index (χ2v) is 5.51. The zero-order valence-electron chi connectivity index (χ0n) is 12.6. The third-order valence-electron chi connectivity index (χ3n) is 3.34. The second-order valence-electron chi connectivity index (χ2n) is 5.13. The van der Waals surface area contributed by atoms with E-state index >= 15 is 0 Å². The van der Waals surface area contributed by atoms with Gasteiger partial charge in [-0.05, 0) is 24.6 Å². The molecule has 0 radical (unpaired) electrons. The maximum atomic E-state index is 12.3. The molecule has 23 heavy (non-hydrogen) atoms. The number of hydrogen-bond acceptors (Lipinski definition) is 4. The van der Waals surface area contributed by atoms with E-state index in [0.717, 1.165) is 5.56 Å². The van der Waals surface area contributed by atoms with Gasteiger partial charge in [0, 0.05) is 12.7 Å². The molecule has 0 aliphatic rings. The van der Waals surface area contributed by atoms with Crippen molar-refractivity contribution in [2.45, 2.75) is 13.5 Å². The SMILES string of the molecule is Cc1cnn(CCNc2cnn(-c3ccccc3)c(=O)c2Cl)c1. The van der Waals surface area contributed by atoms with Gasteiger partial charge >= 0.3 is 0 Å². The molecule has 0 spiro atoms. The predicted molar refractivity (Wildman–Crippen MR) is 90.3 cm³/mol. The van der Waals surface area contributed by atoms with Gasteiger partial charge in [-0.1, -0.05) is 29.8 Å². The molecule has 0 aliphatic carbocycles. The van der Waals surface area contributed by atoms with Crippen molar-refractivity contribution in [3.8, 4) is 5.69 Å². The van der Waals surface area contributed by atoms with Crippen molar-refractivity contribution in [2.75, 3.05) is 11.9 Å². The molecule has 0 saturated heterocycles. The van der Waals surface area contributed by atoms with Crippen molar-refractivity contribution in [3.05, 3.63) is 69.9 Å². The highest BCUT2D eigenvalue weighted by molar-refractivity contribution is 6.32. The van der Waals surface area contributed by atoms with Gasteiger partial charge in [-0.25, -0.2) is 0 Å². The predicted octanol–water partition coefficient (Wildman–Crippen LogP) is 2.50. The van der Waals surface area contributed by atoms with E-state index < -0.39 is 0 Å². The van der Waals surface area contributed by atoms with Crippen molar-refractivity contribution in [2.24, 2.45) is 0 Å². The quantitative estimate of drug-likeness (QED) is 0.781. The number of aryl methyl sites for hydroxylation is 1. The van der Waals surface area contributed by atoms with Crippen molar-refractivity contribution in [1.29, 1.82) is 0 Å². The molecule has 1 aromatic carbocycles. The molecule has 0 unspecified atom stereocenters. The van der Waals surface area contributed by atoms with Gasteiger partial charge in [0.25, 0.3) is 5.56 Å². The Morgan fingerprint density at radius 2 is 1.96 bits per heavy atom. The lowest BCUT2D eigenvalue weighted by Gasteiger charge is -2.10. The highest BCUT2D eigenvalue weighted by atomic mass is 35.5. The molecule has 2 heterocycles. The fourth-order valence-electron chi connectivity index (χ4n) is 2.20. The Balaban J connectivity index is 1.74. The van der Waals surface area contributed by atoms with Gasteiger partial charge in [-0.2, -0.15) is 14.9 Å². The van der Waals surface area contributed by atoms with Crippen LogP contribution in [0.4, 0.5) is 5.69 Å². The normalized spacial score (nSPS) is 10.7. The molecular weight excluding hydrogens is 314 g/mol. The fourth-order valence-corrected chi connectivity index (χ4v) is 2.40. The van der Waals surface area contributed by atoms with E-state index in [0.29, 0.717) is 24.5 Å². The lowest BCUT2D eigenvalue weighted by molar-refractivity contribution is 0.637. The van der Waals surface area contributed by atoms with Gasteiger partial charge in [0.05, 0.1) is 30.3 Å². The van der Waals surface area contributed by atoms with E-state index in [1.165, 1.54) is 4.68 Å². The number of benzene rings is 1. The maximum absolute atomic E-state index is 12.3. The van der Waals surface area contributed by atoms with Gasteiger partial charge in [-0.3, -0.25) is 9.48 Å². The van der Waals surface area contributed by atoms with E-state index in [4.69, 9.17) is 11.6 Å². The molecule has 0 aliphatic heterocycles. The number of halogens is 1. The van der Waals surface area contributed by atoms with Crippen molar-refractivity contribution >= 4 is 17.3 Å². The van der Waals surface area contributed by atoms with Crippen LogP contribution in [0.15, 0.2) is 53.7 Å². The van der Waals surface area contributed by atoms with Crippen molar-refractivity contribution in [1.82, 2.24) is 19.6 Å². The first-order valence-electron chi connectivity index (χ1n) is 7.21. The van der Waals surface area contributed by atoms with Crippen LogP contribution in [-0.2, 0) is 6.54 Å². The maximum Gasteiger partial charge on any atom is 0.292 e. The molecule has 0 bridgehead atoms. The standard InChI is InChI=1S/C16H16ClN5O/c1-12-9-19-21(11-12)8-7-18-14-10-20-22(16(23)15(14)17)13-5-3-2-4-6-13/h2-6,9-11,18H,7-8H2,1H3. The lowest BCUT2D eigenvalue weighted by Crippen LogP contribution is -2.23. The first-order valence-corrected chi connectivity index (χ1v) is 7.59. The number of nitrogens with zero attached hydrogens (tertiary/aromatic N) is 4. The number of nitrogens with one attached hydrogen (secondary N) is 1. The number of rotatable bonds is 5. The molecule has 6 nitrogen and oxygen atoms in total. The highest BCUT2D eigenvalue weighted by Crippen LogP contribution is 2.16. The molecule has 7 heteroatoms. The lowest BCUT2D eigenvalue weighted by atomic mass is 10.3. The van der Waals surface area contributed by atoms with Gasteiger partial charge in [0.2, 0.25) is 0 Å². The van der Waals surface area contributed by atoms with Crippen LogP contribution in [0.5, 0.6) is 0 Å². The Kier molecular flexibility index (Phi) is 4.43. The number of anilines is 1. The molecule has 0 saturated carbocycles. The van der Waals surface area contributed by atoms with Crippen LogP contribution in [0.25, 0.3) is 5.69 Å². The summed E-state index contributed by atoms with van der Waals surface area (Å²) in [5.74, 6) is 0. The van der Waals surface area contributed by atoms with Gasteiger partial charge in [0.15, 0.2) is 0 Å². The molecule has 1 N–H and O–H groups in total. The summed E-state index contributed by atoms with van der Waals surface area (Å²) in [4.78, 5) is 12.3. The van der Waals surface area contributed by atoms with Gasteiger partial charge in [0.1, 0.15) is 5.02 Å². The second kappa shape index (κ2) is 6.66. The molecule has 3 rings (SSSR count). The zero-order chi connectivity index (χ0) is 16.2. The zero-order valence-corrected chi connectivity index (χ0v) is 13.4. The molecule has 0 atom stereocenters. The third kappa shape index (κ3) is 3.43. The number of para-hydroxylation sites is 1. The summed E-state index contributed by atoms with van der Waals surface area (Å²) in [6, 6.07) is 9.17. The Morgan fingerprint density at radius 3 is 2.65 bits per heavy atom. The summed E-state index contributed by atoms with van der Waals surface area (Å²) in [5, 5.41) is 11.6. The Morgan fingerprint density at radius 1 is 1.17 bits per heavy atom. The molecule has 0 amide bonds. The summed E-state index contributed by atoms with van der Waals surface area (Å²) in [7, 11) is 0. The largest absolute Gasteiger partial charge is 0.381 e. The summed E-state index contributed by atoms with van der Waals surface area (Å²) in [5.41, 5.74) is 1.96. The van der Waals surface area contributed by atoms with Crippen LogP contribution >= 0.6 is 11.6 Å². The van der Waals surface area contributed by atoms with Crippen LogP contribution in [0.1, 0.15) is 5.56 Å². The van der Waals surface area contributed by atoms with E-state index in [1.54, 1.807) is 24.5 Å². The summed E-state index contributed by atoms with van der Waals surface area (Å²) in [6.07, 6.45) is 5.32. The van der Waals surface area contributed by atoms with Crippen molar-refractivity contribution < 1.29 is 0 Å². The monoisotopic (exact) mass is 329 g/mol. The molecule has 118 valence electrons. The Bertz CT molecular complexity index is 856. The van der Waals surface area contributed by atoms with Crippen molar-refractivity contribution in [3.63, 3.8) is 0 Å². The Hall–Kier alpha value is -2.60. The van der Waals surface area contributed by atoms with Crippen LogP contribution in [0, 0.1) is 6.92 Å². The topological polar surface area (TPSA) is 64.7 Å². The first-order chi connectivity index (χ1) is 11.1. The average Bonchev–Trinajstić information content (AvgIpc) is 2.98. The van der Waals surface area contributed by atoms with E-state index in [-0.39, 0.29) is 10.6 Å². The highest BCUT2D eigenvalue weighted by Gasteiger charge is 2.10. The number of hydrogen-bond donors (Lipinski definition) is 1. The average molecular weight is 330 g/mol. The molecule has 3 aromatic rings. The Labute approximate surface area is 138 Å². The van der Waals surface area contributed by atoms with Gasteiger partial charge < -0.3 is 5.32 Å². The first kappa shape index (κ1) is 15.3. The fraction of sp³-hybridized carbons (Fsp3) is 0.188. The van der Waals surface area contributed by atoms with Crippen LogP contribution in [0.2, 0.25) is 5.02 Å². The third-order valence-corrected chi connectivity index (χ3v) is 3.70. The van der Waals surface area contributed by atoms with Gasteiger partial charge in [-0.15, -0.1) is 0 Å². The summed E-state index contributed by atoms with van der Waals surface area (Å²) < 4.78 is 3.11. The molecule has 2 aromatic heterocycles. The smallest absolute Gasteiger partial charge is 0.292 e. The molecular formula is C16H16ClN5O. The minimum absolute atomic E-state index is 0.125. The van der Waals surface area contributed by atoms with E-state index in [2.05, 4.69) is 15.5 Å². The number of aromatic nitrogens is 4. The summed E-state index contributed by atoms with van der Waals surface area (Å²) >= 11 is 6.18.